The highest BCUT2D eigenvalue weighted by atomic mass is 32.1. The highest BCUT2D eigenvalue weighted by molar-refractivity contribution is 7.23. The van der Waals surface area contributed by atoms with E-state index in [4.69, 9.17) is 4.74 Å². The molecular formula is C19H14N2O4S. The topological polar surface area (TPSA) is 80.9 Å². The Morgan fingerprint density at radius 1 is 1.23 bits per heavy atom. The summed E-state index contributed by atoms with van der Waals surface area (Å²) in [6, 6.07) is 13.6. The lowest BCUT2D eigenvalue weighted by Crippen LogP contribution is -2.15. The van der Waals surface area contributed by atoms with Gasteiger partial charge in [0.05, 0.1) is 15.9 Å². The SMILES string of the molecule is Cc1ccc(C(=O)OCc2cc(=O)n3c(n2)sc2ccccc23)c(O)c1. The normalized spacial score (nSPS) is 11.1. The second-order valence-corrected chi connectivity index (χ2v) is 6.88. The summed E-state index contributed by atoms with van der Waals surface area (Å²) in [5, 5.41) is 9.86. The van der Waals surface area contributed by atoms with Crippen LogP contribution in [-0.4, -0.2) is 20.5 Å². The minimum Gasteiger partial charge on any atom is -0.507 e. The van der Waals surface area contributed by atoms with Crippen LogP contribution in [0.1, 0.15) is 21.6 Å². The molecule has 1 N–H and O–H groups in total. The van der Waals surface area contributed by atoms with E-state index >= 15 is 0 Å². The lowest BCUT2D eigenvalue weighted by molar-refractivity contribution is 0.0464. The summed E-state index contributed by atoms with van der Waals surface area (Å²) in [7, 11) is 0. The molecule has 0 bridgehead atoms. The quantitative estimate of drug-likeness (QED) is 0.563. The molecular weight excluding hydrogens is 352 g/mol. The van der Waals surface area contributed by atoms with Gasteiger partial charge in [-0.05, 0) is 36.8 Å². The number of phenolic OH excluding ortho intramolecular Hbond substituents is 1. The Labute approximate surface area is 151 Å². The van der Waals surface area contributed by atoms with Crippen molar-refractivity contribution in [1.29, 1.82) is 0 Å². The van der Waals surface area contributed by atoms with Crippen molar-refractivity contribution in [2.75, 3.05) is 0 Å². The van der Waals surface area contributed by atoms with Crippen molar-refractivity contribution in [2.45, 2.75) is 13.5 Å². The average Bonchev–Trinajstić information content (AvgIpc) is 2.98. The molecule has 0 saturated heterocycles. The molecule has 130 valence electrons. The average molecular weight is 366 g/mol. The standard InChI is InChI=1S/C19H14N2O4S/c1-11-6-7-13(15(22)8-11)18(24)25-10-12-9-17(23)21-14-4-2-3-5-16(14)26-19(21)20-12/h2-9,22H,10H2,1H3. The number of hydrogen-bond donors (Lipinski definition) is 1. The molecule has 0 unspecified atom stereocenters. The monoisotopic (exact) mass is 366 g/mol. The smallest absolute Gasteiger partial charge is 0.342 e. The van der Waals surface area contributed by atoms with Crippen molar-refractivity contribution in [3.8, 4) is 5.75 Å². The molecule has 0 fully saturated rings. The van der Waals surface area contributed by atoms with Gasteiger partial charge in [-0.25, -0.2) is 9.78 Å². The molecule has 2 aromatic carbocycles. The number of nitrogens with zero attached hydrogens (tertiary/aromatic N) is 2. The van der Waals surface area contributed by atoms with Crippen molar-refractivity contribution in [2.24, 2.45) is 0 Å². The third kappa shape index (κ3) is 2.82. The van der Waals surface area contributed by atoms with Crippen molar-refractivity contribution in [3.05, 3.63) is 75.7 Å². The number of aromatic nitrogens is 2. The lowest BCUT2D eigenvalue weighted by atomic mass is 10.1. The van der Waals surface area contributed by atoms with E-state index in [2.05, 4.69) is 4.98 Å². The molecule has 4 rings (SSSR count). The number of benzene rings is 2. The fraction of sp³-hybridized carbons (Fsp3) is 0.105. The number of para-hydroxylation sites is 1. The van der Waals surface area contributed by atoms with E-state index in [1.807, 2.05) is 31.2 Å². The summed E-state index contributed by atoms with van der Waals surface area (Å²) in [5.41, 5.74) is 1.86. The van der Waals surface area contributed by atoms with Gasteiger partial charge in [0.2, 0.25) is 0 Å². The molecule has 2 aromatic heterocycles. The van der Waals surface area contributed by atoms with E-state index in [1.54, 1.807) is 6.07 Å². The third-order valence-electron chi connectivity index (χ3n) is 3.97. The van der Waals surface area contributed by atoms with E-state index in [9.17, 15) is 14.7 Å². The summed E-state index contributed by atoms with van der Waals surface area (Å²) in [5.74, 6) is -0.802. The Kier molecular flexibility index (Phi) is 3.93. The van der Waals surface area contributed by atoms with Crippen LogP contribution in [0.15, 0.2) is 53.3 Å². The van der Waals surface area contributed by atoms with Crippen LogP contribution < -0.4 is 5.56 Å². The molecule has 6 nitrogen and oxygen atoms in total. The second-order valence-electron chi connectivity index (χ2n) is 5.87. The predicted molar refractivity (Wildman–Crippen MR) is 98.8 cm³/mol. The zero-order valence-electron chi connectivity index (χ0n) is 13.8. The number of esters is 1. The number of ether oxygens (including phenoxy) is 1. The van der Waals surface area contributed by atoms with Gasteiger partial charge in [-0.3, -0.25) is 9.20 Å². The molecule has 0 aliphatic heterocycles. The Morgan fingerprint density at radius 3 is 2.85 bits per heavy atom. The first kappa shape index (κ1) is 16.3. The number of aromatic hydroxyl groups is 1. The number of fused-ring (bicyclic) bond motifs is 3. The Balaban J connectivity index is 1.62. The number of hydrogen-bond acceptors (Lipinski definition) is 6. The van der Waals surface area contributed by atoms with Gasteiger partial charge in [0.25, 0.3) is 5.56 Å². The van der Waals surface area contributed by atoms with Gasteiger partial charge in [-0.15, -0.1) is 0 Å². The maximum Gasteiger partial charge on any atom is 0.342 e. The highest BCUT2D eigenvalue weighted by Gasteiger charge is 2.14. The fourth-order valence-corrected chi connectivity index (χ4v) is 3.78. The number of carbonyl (C=O) groups excluding carboxylic acids is 1. The summed E-state index contributed by atoms with van der Waals surface area (Å²) in [6.07, 6.45) is 0. The van der Waals surface area contributed by atoms with Gasteiger partial charge in [0.1, 0.15) is 17.9 Å². The largest absolute Gasteiger partial charge is 0.507 e. The summed E-state index contributed by atoms with van der Waals surface area (Å²) >= 11 is 1.40. The van der Waals surface area contributed by atoms with Gasteiger partial charge >= 0.3 is 5.97 Å². The summed E-state index contributed by atoms with van der Waals surface area (Å²) in [4.78, 5) is 29.5. The number of phenols is 1. The second kappa shape index (κ2) is 6.27. The molecule has 26 heavy (non-hydrogen) atoms. The van der Waals surface area contributed by atoms with E-state index in [-0.39, 0.29) is 23.5 Å². The van der Waals surface area contributed by atoms with Crippen molar-refractivity contribution in [1.82, 2.24) is 9.38 Å². The molecule has 7 heteroatoms. The predicted octanol–water partition coefficient (Wildman–Crippen LogP) is 3.28. The Morgan fingerprint density at radius 2 is 2.04 bits per heavy atom. The zero-order chi connectivity index (χ0) is 18.3. The minimum atomic E-state index is -0.666. The minimum absolute atomic E-state index is 0.0789. The van der Waals surface area contributed by atoms with E-state index in [0.717, 1.165) is 15.8 Å². The van der Waals surface area contributed by atoms with Gasteiger partial charge in [-0.2, -0.15) is 0 Å². The van der Waals surface area contributed by atoms with Gasteiger partial charge in [-0.1, -0.05) is 29.5 Å². The van der Waals surface area contributed by atoms with Crippen LogP contribution in [0.3, 0.4) is 0 Å². The van der Waals surface area contributed by atoms with E-state index in [1.165, 1.54) is 33.9 Å². The van der Waals surface area contributed by atoms with Gasteiger partial charge in [0.15, 0.2) is 4.96 Å². The number of aryl methyl sites for hydroxylation is 1. The molecule has 0 atom stereocenters. The van der Waals surface area contributed by atoms with Crippen LogP contribution in [0.5, 0.6) is 5.75 Å². The van der Waals surface area contributed by atoms with Crippen molar-refractivity contribution >= 4 is 32.5 Å². The molecule has 0 aliphatic carbocycles. The Hall–Kier alpha value is -3.19. The van der Waals surface area contributed by atoms with Crippen LogP contribution >= 0.6 is 11.3 Å². The van der Waals surface area contributed by atoms with Gasteiger partial charge in [0, 0.05) is 6.07 Å². The van der Waals surface area contributed by atoms with Gasteiger partial charge < -0.3 is 9.84 Å². The third-order valence-corrected chi connectivity index (χ3v) is 4.99. The Bertz CT molecular complexity index is 1210. The lowest BCUT2D eigenvalue weighted by Gasteiger charge is -2.07. The van der Waals surface area contributed by atoms with Crippen LogP contribution in [-0.2, 0) is 11.3 Å². The zero-order valence-corrected chi connectivity index (χ0v) is 14.6. The summed E-state index contributed by atoms with van der Waals surface area (Å²) < 4.78 is 7.70. The maximum atomic E-state index is 12.4. The van der Waals surface area contributed by atoms with Crippen LogP contribution in [0, 0.1) is 6.92 Å². The van der Waals surface area contributed by atoms with Crippen LogP contribution in [0.25, 0.3) is 15.2 Å². The molecule has 0 radical (unpaired) electrons. The first-order valence-corrected chi connectivity index (χ1v) is 8.71. The van der Waals surface area contributed by atoms with Crippen molar-refractivity contribution in [3.63, 3.8) is 0 Å². The molecule has 2 heterocycles. The number of carbonyl (C=O) groups is 1. The molecule has 0 aliphatic rings. The van der Waals surface area contributed by atoms with Crippen LogP contribution in [0.4, 0.5) is 0 Å². The van der Waals surface area contributed by atoms with Crippen molar-refractivity contribution < 1.29 is 14.6 Å². The maximum absolute atomic E-state index is 12.4. The van der Waals surface area contributed by atoms with Crippen LogP contribution in [0.2, 0.25) is 0 Å². The first-order chi connectivity index (χ1) is 12.5. The molecule has 4 aromatic rings. The number of rotatable bonds is 3. The highest BCUT2D eigenvalue weighted by Crippen LogP contribution is 2.24. The molecule has 0 amide bonds. The number of thiazole rings is 1. The van der Waals surface area contributed by atoms with E-state index in [0.29, 0.717) is 10.7 Å². The van der Waals surface area contributed by atoms with E-state index < -0.39 is 5.97 Å². The first-order valence-electron chi connectivity index (χ1n) is 7.90. The summed E-state index contributed by atoms with van der Waals surface area (Å²) in [6.45, 7) is 1.67. The molecule has 0 spiro atoms. The molecule has 0 saturated carbocycles. The fourth-order valence-electron chi connectivity index (χ4n) is 2.73.